The van der Waals surface area contributed by atoms with Crippen LogP contribution in [-0.2, 0) is 0 Å². The van der Waals surface area contributed by atoms with E-state index in [4.69, 9.17) is 0 Å². The Balaban J connectivity index is 2.12. The monoisotopic (exact) mass is 450 g/mol. The first-order valence-electron chi connectivity index (χ1n) is 12.4. The Morgan fingerprint density at radius 3 is 1.64 bits per heavy atom. The summed E-state index contributed by atoms with van der Waals surface area (Å²) in [7, 11) is -2.28. The molecule has 4 rings (SSSR count). The van der Waals surface area contributed by atoms with Crippen molar-refractivity contribution in [3.63, 3.8) is 0 Å². The second-order valence-corrected chi connectivity index (χ2v) is 13.8. The molecule has 33 heavy (non-hydrogen) atoms. The minimum absolute atomic E-state index is 1.20. The first-order valence-corrected chi connectivity index (χ1v) is 14.4. The molecule has 0 aromatic heterocycles. The highest BCUT2D eigenvalue weighted by Crippen LogP contribution is 2.42. The van der Waals surface area contributed by atoms with Gasteiger partial charge in [-0.25, -0.2) is 0 Å². The van der Waals surface area contributed by atoms with Crippen molar-refractivity contribution < 1.29 is 0 Å². The summed E-state index contributed by atoms with van der Waals surface area (Å²) in [5.41, 5.74) is 9.86. The first-order chi connectivity index (χ1) is 15.8. The van der Waals surface area contributed by atoms with Gasteiger partial charge in [0, 0.05) is 0 Å². The number of hydrogen-bond donors (Lipinski definition) is 0. The van der Waals surface area contributed by atoms with Gasteiger partial charge in [-0.1, -0.05) is 125 Å². The average Bonchev–Trinajstić information content (AvgIpc) is 2.74. The summed E-state index contributed by atoms with van der Waals surface area (Å²) >= 11 is 0. The smallest absolute Gasteiger partial charge is 0.0674 e. The van der Waals surface area contributed by atoms with Crippen molar-refractivity contribution in [1.82, 2.24) is 0 Å². The largest absolute Gasteiger partial charge is 0.176 e. The fourth-order valence-corrected chi connectivity index (χ4v) is 12.3. The fourth-order valence-electron chi connectivity index (χ4n) is 6.30. The molecule has 0 aliphatic carbocycles. The number of hydrogen-bond acceptors (Lipinski definition) is 0. The molecule has 1 heteroatoms. The van der Waals surface area contributed by atoms with Crippen LogP contribution in [0.4, 0.5) is 0 Å². The number of unbranched alkanes of at least 4 members (excludes halogenated alkanes) is 1. The van der Waals surface area contributed by atoms with E-state index in [1.54, 1.807) is 20.8 Å². The number of benzene rings is 3. The van der Waals surface area contributed by atoms with Crippen LogP contribution in [0.5, 0.6) is 0 Å². The summed E-state index contributed by atoms with van der Waals surface area (Å²) in [4.78, 5) is 0. The van der Waals surface area contributed by atoms with E-state index in [9.17, 15) is 0 Å². The fraction of sp³-hybridized carbons (Fsp3) is 0.312. The van der Waals surface area contributed by atoms with Gasteiger partial charge < -0.3 is 0 Å². The SMILES string of the molecule is CCCCC1=C/C(=C\c2ccccc2)[Si]1(c1c(C)cc(C)cc1C)c1c(C)cc(C)cc1C. The quantitative estimate of drug-likeness (QED) is 0.343. The highest BCUT2D eigenvalue weighted by molar-refractivity contribution is 7.16. The van der Waals surface area contributed by atoms with Gasteiger partial charge in [0.1, 0.15) is 0 Å². The van der Waals surface area contributed by atoms with Gasteiger partial charge >= 0.3 is 0 Å². The first kappa shape index (κ1) is 23.5. The lowest BCUT2D eigenvalue weighted by molar-refractivity contribution is 0.801. The molecule has 1 heterocycles. The van der Waals surface area contributed by atoms with Crippen molar-refractivity contribution in [2.75, 3.05) is 0 Å². The van der Waals surface area contributed by atoms with E-state index in [0.717, 1.165) is 0 Å². The Morgan fingerprint density at radius 2 is 1.18 bits per heavy atom. The molecule has 0 atom stereocenters. The molecular weight excluding hydrogens is 412 g/mol. The molecule has 0 saturated carbocycles. The molecule has 0 fully saturated rings. The highest BCUT2D eigenvalue weighted by atomic mass is 28.3. The minimum Gasteiger partial charge on any atom is -0.0674 e. The number of aryl methyl sites for hydroxylation is 6. The van der Waals surface area contributed by atoms with Gasteiger partial charge in [0.2, 0.25) is 0 Å². The third-order valence-corrected chi connectivity index (χ3v) is 12.9. The highest BCUT2D eigenvalue weighted by Gasteiger charge is 2.52. The standard InChI is InChI=1S/C32H38Si/c1-8-9-15-29-21-30(20-28-13-11-10-12-14-28)33(29,31-24(4)16-22(2)17-25(31)5)32-26(6)18-23(3)19-27(32)7/h10-14,16-21H,8-9,15H2,1-7H3/b30-20+. The van der Waals surface area contributed by atoms with Crippen molar-refractivity contribution in [3.8, 4) is 0 Å². The van der Waals surface area contributed by atoms with Crippen LogP contribution >= 0.6 is 0 Å². The molecule has 0 saturated heterocycles. The molecule has 0 bridgehead atoms. The molecule has 0 unspecified atom stereocenters. The lowest BCUT2D eigenvalue weighted by Crippen LogP contribution is -2.68. The number of allylic oxidation sites excluding steroid dienone is 3. The van der Waals surface area contributed by atoms with Gasteiger partial charge in [-0.15, -0.1) is 0 Å². The van der Waals surface area contributed by atoms with E-state index < -0.39 is 8.07 Å². The third kappa shape index (κ3) is 4.08. The van der Waals surface area contributed by atoms with Crippen LogP contribution in [0.15, 0.2) is 71.1 Å². The molecular formula is C32H38Si. The predicted octanol–water partition coefficient (Wildman–Crippen LogP) is 7.39. The van der Waals surface area contributed by atoms with E-state index in [1.807, 2.05) is 0 Å². The third-order valence-electron chi connectivity index (χ3n) is 7.27. The topological polar surface area (TPSA) is 0 Å². The molecule has 1 aliphatic heterocycles. The maximum Gasteiger partial charge on any atom is 0.176 e. The van der Waals surface area contributed by atoms with Gasteiger partial charge in [0.25, 0.3) is 0 Å². The van der Waals surface area contributed by atoms with Gasteiger partial charge in [0.05, 0.1) is 0 Å². The lowest BCUT2D eigenvalue weighted by atomic mass is 10.1. The van der Waals surface area contributed by atoms with Crippen LogP contribution in [-0.4, -0.2) is 8.07 Å². The van der Waals surface area contributed by atoms with E-state index in [2.05, 4.69) is 115 Å². The summed E-state index contributed by atoms with van der Waals surface area (Å²) in [5, 5.41) is 6.51. The van der Waals surface area contributed by atoms with Crippen LogP contribution in [0, 0.1) is 41.5 Å². The average molecular weight is 451 g/mol. The van der Waals surface area contributed by atoms with E-state index in [0.29, 0.717) is 0 Å². The minimum atomic E-state index is -2.28. The lowest BCUT2D eigenvalue weighted by Gasteiger charge is -2.47. The molecule has 1 aliphatic rings. The van der Waals surface area contributed by atoms with Crippen molar-refractivity contribution in [3.05, 3.63) is 110 Å². The van der Waals surface area contributed by atoms with Crippen molar-refractivity contribution in [2.24, 2.45) is 0 Å². The normalized spacial score (nSPS) is 16.0. The van der Waals surface area contributed by atoms with Crippen LogP contribution in [0.3, 0.4) is 0 Å². The van der Waals surface area contributed by atoms with Crippen LogP contribution in [0.1, 0.15) is 65.1 Å². The summed E-state index contributed by atoms with van der Waals surface area (Å²) in [6, 6.07) is 20.5. The zero-order valence-corrected chi connectivity index (χ0v) is 22.5. The number of rotatable bonds is 6. The van der Waals surface area contributed by atoms with Crippen LogP contribution in [0.2, 0.25) is 0 Å². The summed E-state index contributed by atoms with van der Waals surface area (Å²) in [5.74, 6) is 0. The zero-order chi connectivity index (χ0) is 23.8. The van der Waals surface area contributed by atoms with E-state index in [1.165, 1.54) is 58.2 Å². The van der Waals surface area contributed by atoms with Gasteiger partial charge in [-0.2, -0.15) is 0 Å². The van der Waals surface area contributed by atoms with Gasteiger partial charge in [0.15, 0.2) is 8.07 Å². The molecule has 170 valence electrons. The Bertz CT molecular complexity index is 1140. The molecule has 3 aromatic rings. The molecule has 0 radical (unpaired) electrons. The summed E-state index contributed by atoms with van der Waals surface area (Å²) < 4.78 is 0. The molecule has 3 aromatic carbocycles. The Kier molecular flexibility index (Phi) is 6.63. The summed E-state index contributed by atoms with van der Waals surface area (Å²) in [6.07, 6.45) is 8.73. The second-order valence-electron chi connectivity index (χ2n) is 10.1. The Labute approximate surface area is 202 Å². The summed E-state index contributed by atoms with van der Waals surface area (Å²) in [6.45, 7) is 16.2. The molecule has 0 nitrogen and oxygen atoms in total. The van der Waals surface area contributed by atoms with Crippen molar-refractivity contribution in [2.45, 2.75) is 67.7 Å². The molecule has 0 N–H and O–H groups in total. The second kappa shape index (κ2) is 9.31. The van der Waals surface area contributed by atoms with E-state index in [-0.39, 0.29) is 0 Å². The van der Waals surface area contributed by atoms with Gasteiger partial charge in [-0.05, 0) is 69.1 Å². The molecule has 0 spiro atoms. The Hall–Kier alpha value is -2.64. The zero-order valence-electron chi connectivity index (χ0n) is 21.5. The van der Waals surface area contributed by atoms with Crippen molar-refractivity contribution >= 4 is 24.5 Å². The predicted molar refractivity (Wildman–Crippen MR) is 148 cm³/mol. The van der Waals surface area contributed by atoms with E-state index >= 15 is 0 Å². The van der Waals surface area contributed by atoms with Gasteiger partial charge in [-0.3, -0.25) is 0 Å². The maximum atomic E-state index is 2.55. The van der Waals surface area contributed by atoms with Crippen molar-refractivity contribution in [1.29, 1.82) is 0 Å². The van der Waals surface area contributed by atoms with Crippen LogP contribution in [0.25, 0.3) is 6.08 Å². The Morgan fingerprint density at radius 1 is 0.697 bits per heavy atom. The molecule has 0 amide bonds. The van der Waals surface area contributed by atoms with Crippen LogP contribution < -0.4 is 10.4 Å². The maximum absolute atomic E-state index is 2.55.